The smallest absolute Gasteiger partial charge is 0.0622 e. The van der Waals surface area contributed by atoms with Gasteiger partial charge in [0.2, 0.25) is 0 Å². The lowest BCUT2D eigenvalue weighted by molar-refractivity contribution is -0.0341. The van der Waals surface area contributed by atoms with Gasteiger partial charge in [0.1, 0.15) is 0 Å². The third-order valence-corrected chi connectivity index (χ3v) is 3.48. The standard InChI is InChI=1S/C11H22N2O/c1-2-10-9-14-7-6-13(10)11-4-3-5-12-8-11/h10-12H,2-9H2,1H3. The number of nitrogens with zero attached hydrogens (tertiary/aromatic N) is 1. The fourth-order valence-corrected chi connectivity index (χ4v) is 2.62. The minimum absolute atomic E-state index is 0.661. The summed E-state index contributed by atoms with van der Waals surface area (Å²) in [5.41, 5.74) is 0. The summed E-state index contributed by atoms with van der Waals surface area (Å²) in [7, 11) is 0. The Morgan fingerprint density at radius 2 is 2.43 bits per heavy atom. The Morgan fingerprint density at radius 1 is 1.50 bits per heavy atom. The average Bonchev–Trinajstić information content (AvgIpc) is 2.30. The highest BCUT2D eigenvalue weighted by Gasteiger charge is 2.28. The first kappa shape index (κ1) is 10.4. The maximum atomic E-state index is 5.53. The van der Waals surface area contributed by atoms with Gasteiger partial charge in [-0.25, -0.2) is 0 Å². The zero-order valence-electron chi connectivity index (χ0n) is 9.17. The van der Waals surface area contributed by atoms with Gasteiger partial charge in [0.15, 0.2) is 0 Å². The summed E-state index contributed by atoms with van der Waals surface area (Å²) in [5.74, 6) is 0. The zero-order valence-corrected chi connectivity index (χ0v) is 9.17. The summed E-state index contributed by atoms with van der Waals surface area (Å²) in [5, 5.41) is 3.49. The highest BCUT2D eigenvalue weighted by Crippen LogP contribution is 2.18. The van der Waals surface area contributed by atoms with Crippen molar-refractivity contribution >= 4 is 0 Å². The Hall–Kier alpha value is -0.120. The largest absolute Gasteiger partial charge is 0.378 e. The van der Waals surface area contributed by atoms with Gasteiger partial charge >= 0.3 is 0 Å². The van der Waals surface area contributed by atoms with Crippen LogP contribution in [0.25, 0.3) is 0 Å². The molecule has 0 aromatic carbocycles. The third-order valence-electron chi connectivity index (χ3n) is 3.48. The number of hydrogen-bond acceptors (Lipinski definition) is 3. The second kappa shape index (κ2) is 5.10. The van der Waals surface area contributed by atoms with E-state index in [9.17, 15) is 0 Å². The van der Waals surface area contributed by atoms with Crippen molar-refractivity contribution in [2.45, 2.75) is 38.3 Å². The molecule has 0 aromatic heterocycles. The molecule has 0 radical (unpaired) electrons. The number of rotatable bonds is 2. The molecule has 2 aliphatic rings. The van der Waals surface area contributed by atoms with Crippen molar-refractivity contribution in [1.29, 1.82) is 0 Å². The Labute approximate surface area is 86.8 Å². The fourth-order valence-electron chi connectivity index (χ4n) is 2.62. The average molecular weight is 198 g/mol. The Morgan fingerprint density at radius 3 is 3.14 bits per heavy atom. The Bertz CT molecular complexity index is 169. The van der Waals surface area contributed by atoms with E-state index < -0.39 is 0 Å². The highest BCUT2D eigenvalue weighted by molar-refractivity contribution is 4.84. The fraction of sp³-hybridized carbons (Fsp3) is 1.00. The van der Waals surface area contributed by atoms with Crippen LogP contribution < -0.4 is 5.32 Å². The van der Waals surface area contributed by atoms with Gasteiger partial charge < -0.3 is 10.1 Å². The molecule has 2 saturated heterocycles. The summed E-state index contributed by atoms with van der Waals surface area (Å²) >= 11 is 0. The molecule has 14 heavy (non-hydrogen) atoms. The third kappa shape index (κ3) is 2.27. The number of hydrogen-bond donors (Lipinski definition) is 1. The maximum Gasteiger partial charge on any atom is 0.0622 e. The van der Waals surface area contributed by atoms with Crippen molar-refractivity contribution in [3.8, 4) is 0 Å². The highest BCUT2D eigenvalue weighted by atomic mass is 16.5. The molecule has 2 unspecified atom stereocenters. The molecule has 0 aliphatic carbocycles. The maximum absolute atomic E-state index is 5.53. The molecule has 0 saturated carbocycles. The van der Waals surface area contributed by atoms with E-state index in [4.69, 9.17) is 4.74 Å². The van der Waals surface area contributed by atoms with Crippen LogP contribution in [-0.4, -0.2) is 49.8 Å². The van der Waals surface area contributed by atoms with E-state index in [0.717, 1.165) is 25.8 Å². The van der Waals surface area contributed by atoms with Gasteiger partial charge in [-0.05, 0) is 25.8 Å². The number of morpholine rings is 1. The molecule has 2 aliphatic heterocycles. The summed E-state index contributed by atoms with van der Waals surface area (Å²) in [6, 6.07) is 1.42. The molecule has 0 spiro atoms. The molecule has 0 amide bonds. The van der Waals surface area contributed by atoms with E-state index in [2.05, 4.69) is 17.1 Å². The van der Waals surface area contributed by atoms with Crippen molar-refractivity contribution < 1.29 is 4.74 Å². The SMILES string of the molecule is CCC1COCCN1C1CCCNC1. The molecular formula is C11H22N2O. The van der Waals surface area contributed by atoms with Gasteiger partial charge in [-0.2, -0.15) is 0 Å². The minimum Gasteiger partial charge on any atom is -0.378 e. The van der Waals surface area contributed by atoms with Gasteiger partial charge in [0.05, 0.1) is 13.2 Å². The van der Waals surface area contributed by atoms with Crippen molar-refractivity contribution in [1.82, 2.24) is 10.2 Å². The predicted octanol–water partition coefficient (Wildman–Crippen LogP) is 0.849. The monoisotopic (exact) mass is 198 g/mol. The molecule has 0 aromatic rings. The van der Waals surface area contributed by atoms with E-state index in [0.29, 0.717) is 6.04 Å². The van der Waals surface area contributed by atoms with Gasteiger partial charge in [0.25, 0.3) is 0 Å². The van der Waals surface area contributed by atoms with Crippen LogP contribution in [0, 0.1) is 0 Å². The van der Waals surface area contributed by atoms with Crippen LogP contribution in [0.15, 0.2) is 0 Å². The van der Waals surface area contributed by atoms with E-state index in [1.807, 2.05) is 0 Å². The van der Waals surface area contributed by atoms with Gasteiger partial charge in [-0.15, -0.1) is 0 Å². The van der Waals surface area contributed by atoms with Gasteiger partial charge in [0, 0.05) is 25.2 Å². The number of nitrogens with one attached hydrogen (secondary N) is 1. The lowest BCUT2D eigenvalue weighted by Crippen LogP contribution is -2.55. The second-order valence-electron chi connectivity index (χ2n) is 4.37. The molecule has 0 bridgehead atoms. The van der Waals surface area contributed by atoms with Gasteiger partial charge in [-0.1, -0.05) is 6.92 Å². The van der Waals surface area contributed by atoms with Crippen LogP contribution in [0.1, 0.15) is 26.2 Å². The van der Waals surface area contributed by atoms with Gasteiger partial charge in [-0.3, -0.25) is 4.90 Å². The van der Waals surface area contributed by atoms with E-state index in [1.54, 1.807) is 0 Å². The first-order valence-corrected chi connectivity index (χ1v) is 5.96. The molecule has 2 heterocycles. The first-order chi connectivity index (χ1) is 6.92. The Balaban J connectivity index is 1.91. The van der Waals surface area contributed by atoms with Crippen molar-refractivity contribution in [3.05, 3.63) is 0 Å². The lowest BCUT2D eigenvalue weighted by Gasteiger charge is -2.42. The summed E-state index contributed by atoms with van der Waals surface area (Å²) in [6.07, 6.45) is 3.92. The molecular weight excluding hydrogens is 176 g/mol. The normalized spacial score (nSPS) is 35.8. The van der Waals surface area contributed by atoms with Crippen molar-refractivity contribution in [3.63, 3.8) is 0 Å². The van der Waals surface area contributed by atoms with Crippen LogP contribution in [0.3, 0.4) is 0 Å². The van der Waals surface area contributed by atoms with Crippen LogP contribution in [0.2, 0.25) is 0 Å². The van der Waals surface area contributed by atoms with Crippen LogP contribution in [-0.2, 0) is 4.74 Å². The lowest BCUT2D eigenvalue weighted by atomic mass is 10.0. The summed E-state index contributed by atoms with van der Waals surface area (Å²) in [6.45, 7) is 7.64. The summed E-state index contributed by atoms with van der Waals surface area (Å²) in [4.78, 5) is 2.66. The number of piperidine rings is 1. The zero-order chi connectivity index (χ0) is 9.80. The van der Waals surface area contributed by atoms with Crippen molar-refractivity contribution in [2.75, 3.05) is 32.8 Å². The topological polar surface area (TPSA) is 24.5 Å². The number of ether oxygens (including phenoxy) is 1. The van der Waals surface area contributed by atoms with Crippen LogP contribution >= 0.6 is 0 Å². The molecule has 82 valence electrons. The first-order valence-electron chi connectivity index (χ1n) is 5.96. The molecule has 3 nitrogen and oxygen atoms in total. The molecule has 2 fully saturated rings. The molecule has 1 N–H and O–H groups in total. The van der Waals surface area contributed by atoms with E-state index >= 15 is 0 Å². The van der Waals surface area contributed by atoms with E-state index in [-0.39, 0.29) is 0 Å². The van der Waals surface area contributed by atoms with E-state index in [1.165, 1.54) is 32.4 Å². The Kier molecular flexibility index (Phi) is 3.79. The molecule has 2 rings (SSSR count). The van der Waals surface area contributed by atoms with Crippen LogP contribution in [0.4, 0.5) is 0 Å². The quantitative estimate of drug-likeness (QED) is 0.712. The van der Waals surface area contributed by atoms with Crippen molar-refractivity contribution in [2.24, 2.45) is 0 Å². The summed E-state index contributed by atoms with van der Waals surface area (Å²) < 4.78 is 5.53. The molecule has 3 heteroatoms. The second-order valence-corrected chi connectivity index (χ2v) is 4.37. The predicted molar refractivity (Wildman–Crippen MR) is 57.5 cm³/mol. The molecule has 2 atom stereocenters. The van der Waals surface area contributed by atoms with Crippen LogP contribution in [0.5, 0.6) is 0 Å². The minimum atomic E-state index is 0.661.